The fourth-order valence-corrected chi connectivity index (χ4v) is 4.21. The van der Waals surface area contributed by atoms with Crippen LogP contribution in [0.3, 0.4) is 0 Å². The zero-order valence-corrected chi connectivity index (χ0v) is 16.2. The lowest BCUT2D eigenvalue weighted by Gasteiger charge is -2.36. The van der Waals surface area contributed by atoms with E-state index in [9.17, 15) is 9.59 Å². The number of benzene rings is 2. The summed E-state index contributed by atoms with van der Waals surface area (Å²) >= 11 is 0. The molecule has 2 aromatic rings. The van der Waals surface area contributed by atoms with E-state index >= 15 is 0 Å². The molecule has 1 amide bonds. The second-order valence-electron chi connectivity index (χ2n) is 7.49. The summed E-state index contributed by atoms with van der Waals surface area (Å²) in [4.78, 5) is 27.6. The number of fused-ring (bicyclic) bond motifs is 3. The Labute approximate surface area is 159 Å². The van der Waals surface area contributed by atoms with Gasteiger partial charge in [0.2, 0.25) is 5.91 Å². The average molecular weight is 360 g/mol. The summed E-state index contributed by atoms with van der Waals surface area (Å²) in [5.41, 5.74) is 6.49. The van der Waals surface area contributed by atoms with Gasteiger partial charge in [0.1, 0.15) is 0 Å². The van der Waals surface area contributed by atoms with Crippen molar-refractivity contribution in [3.8, 4) is 0 Å². The normalized spacial score (nSPS) is 17.7. The highest BCUT2D eigenvalue weighted by atomic mass is 16.1. The van der Waals surface area contributed by atoms with E-state index < -0.39 is 6.04 Å². The van der Waals surface area contributed by atoms with Crippen molar-refractivity contribution < 1.29 is 9.59 Å². The van der Waals surface area contributed by atoms with Crippen LogP contribution in [0.4, 0.5) is 5.69 Å². The molecule has 1 N–H and O–H groups in total. The molecule has 4 heteroatoms. The standard InChI is InChI=1S/C23H24N2O2/c1-5-25-19-9-7-6-8-17(19)21(24-14(4)26)20-22(25)16-11-10-15(13(2)3)12-18(16)23(20)27/h6-13,21H,5H2,1-4H3,(H,24,26). The predicted octanol–water partition coefficient (Wildman–Crippen LogP) is 4.43. The van der Waals surface area contributed by atoms with E-state index in [0.717, 1.165) is 40.2 Å². The van der Waals surface area contributed by atoms with Crippen LogP contribution in [-0.2, 0) is 4.79 Å². The van der Waals surface area contributed by atoms with Gasteiger partial charge >= 0.3 is 0 Å². The van der Waals surface area contributed by atoms with Gasteiger partial charge in [-0.25, -0.2) is 0 Å². The maximum atomic E-state index is 13.4. The van der Waals surface area contributed by atoms with E-state index in [1.165, 1.54) is 6.92 Å². The highest BCUT2D eigenvalue weighted by Gasteiger charge is 2.42. The smallest absolute Gasteiger partial charge is 0.217 e. The van der Waals surface area contributed by atoms with E-state index in [1.54, 1.807) is 0 Å². The van der Waals surface area contributed by atoms with Gasteiger partial charge in [0.25, 0.3) is 0 Å². The van der Waals surface area contributed by atoms with Gasteiger partial charge in [-0.2, -0.15) is 0 Å². The number of para-hydroxylation sites is 1. The molecule has 27 heavy (non-hydrogen) atoms. The van der Waals surface area contributed by atoms with Crippen molar-refractivity contribution in [2.75, 3.05) is 11.4 Å². The number of amides is 1. The Hall–Kier alpha value is -2.88. The zero-order valence-electron chi connectivity index (χ0n) is 16.2. The van der Waals surface area contributed by atoms with E-state index in [-0.39, 0.29) is 11.7 Å². The maximum Gasteiger partial charge on any atom is 0.217 e. The number of carbonyl (C=O) groups excluding carboxylic acids is 2. The van der Waals surface area contributed by atoms with Crippen LogP contribution in [0, 0.1) is 0 Å². The fraction of sp³-hybridized carbons (Fsp3) is 0.304. The SMILES string of the molecule is CCN1C2=C(C(=O)c3cc(C(C)C)ccc32)C(NC(C)=O)c2ccccc21. The predicted molar refractivity (Wildman–Crippen MR) is 108 cm³/mol. The van der Waals surface area contributed by atoms with E-state index in [1.807, 2.05) is 24.3 Å². The Balaban J connectivity index is 1.96. The van der Waals surface area contributed by atoms with Crippen LogP contribution >= 0.6 is 0 Å². The van der Waals surface area contributed by atoms with Crippen molar-refractivity contribution in [2.24, 2.45) is 0 Å². The van der Waals surface area contributed by atoms with Gasteiger partial charge in [-0.15, -0.1) is 0 Å². The molecule has 1 atom stereocenters. The number of rotatable bonds is 3. The minimum absolute atomic E-state index is 0.0224. The van der Waals surface area contributed by atoms with Crippen LogP contribution in [0.5, 0.6) is 0 Å². The van der Waals surface area contributed by atoms with Crippen molar-refractivity contribution in [3.63, 3.8) is 0 Å². The lowest BCUT2D eigenvalue weighted by molar-refractivity contribution is -0.119. The first-order valence-electron chi connectivity index (χ1n) is 9.50. The lowest BCUT2D eigenvalue weighted by Crippen LogP contribution is -2.36. The first-order chi connectivity index (χ1) is 12.9. The molecule has 0 fully saturated rings. The van der Waals surface area contributed by atoms with Crippen LogP contribution in [-0.4, -0.2) is 18.2 Å². The van der Waals surface area contributed by atoms with Crippen molar-refractivity contribution in [1.29, 1.82) is 0 Å². The van der Waals surface area contributed by atoms with Gasteiger partial charge in [0.15, 0.2) is 5.78 Å². The number of hydrogen-bond acceptors (Lipinski definition) is 3. The first kappa shape index (κ1) is 17.5. The van der Waals surface area contributed by atoms with Crippen LogP contribution in [0.15, 0.2) is 48.0 Å². The Bertz CT molecular complexity index is 988. The van der Waals surface area contributed by atoms with E-state index in [0.29, 0.717) is 11.5 Å². The molecule has 1 aliphatic heterocycles. The molecule has 2 aromatic carbocycles. The number of ketones is 1. The van der Waals surface area contributed by atoms with Crippen molar-refractivity contribution in [1.82, 2.24) is 5.32 Å². The molecule has 4 nitrogen and oxygen atoms in total. The monoisotopic (exact) mass is 360 g/mol. The molecule has 0 bridgehead atoms. The van der Waals surface area contributed by atoms with Gasteiger partial charge in [-0.05, 0) is 30.5 Å². The molecule has 138 valence electrons. The number of anilines is 1. The molecule has 4 rings (SSSR count). The number of carbonyl (C=O) groups is 2. The maximum absolute atomic E-state index is 13.4. The minimum Gasteiger partial charge on any atom is -0.345 e. The Morgan fingerprint density at radius 3 is 2.56 bits per heavy atom. The number of nitrogens with zero attached hydrogens (tertiary/aromatic N) is 1. The Kier molecular flexibility index (Phi) is 4.14. The van der Waals surface area contributed by atoms with Gasteiger partial charge in [-0.3, -0.25) is 9.59 Å². The molecule has 2 aliphatic rings. The third kappa shape index (κ3) is 2.59. The molecule has 1 unspecified atom stereocenters. The van der Waals surface area contributed by atoms with Crippen LogP contribution in [0.25, 0.3) is 5.70 Å². The molecular weight excluding hydrogens is 336 g/mol. The van der Waals surface area contributed by atoms with Crippen LogP contribution in [0.2, 0.25) is 0 Å². The first-order valence-corrected chi connectivity index (χ1v) is 9.50. The fourth-order valence-electron chi connectivity index (χ4n) is 4.21. The second kappa shape index (κ2) is 6.38. The Morgan fingerprint density at radius 1 is 1.15 bits per heavy atom. The molecule has 0 radical (unpaired) electrons. The summed E-state index contributed by atoms with van der Waals surface area (Å²) in [6.45, 7) is 8.59. The van der Waals surface area contributed by atoms with Crippen molar-refractivity contribution in [3.05, 3.63) is 70.3 Å². The summed E-state index contributed by atoms with van der Waals surface area (Å²) in [6.07, 6.45) is 0. The third-order valence-corrected chi connectivity index (χ3v) is 5.47. The van der Waals surface area contributed by atoms with Gasteiger partial charge < -0.3 is 10.2 Å². The topological polar surface area (TPSA) is 49.4 Å². The molecule has 1 heterocycles. The molecule has 0 aromatic heterocycles. The van der Waals surface area contributed by atoms with E-state index in [4.69, 9.17) is 0 Å². The van der Waals surface area contributed by atoms with E-state index in [2.05, 4.69) is 49.2 Å². The molecular formula is C23H24N2O2. The second-order valence-corrected chi connectivity index (χ2v) is 7.49. The number of nitrogens with one attached hydrogen (secondary N) is 1. The van der Waals surface area contributed by atoms with Gasteiger partial charge in [0.05, 0.1) is 17.3 Å². The van der Waals surface area contributed by atoms with Crippen molar-refractivity contribution in [2.45, 2.75) is 39.7 Å². The summed E-state index contributed by atoms with van der Waals surface area (Å²) in [6, 6.07) is 13.8. The summed E-state index contributed by atoms with van der Waals surface area (Å²) in [5.74, 6) is 0.235. The number of Topliss-reactive ketones (excluding diaryl/α,β-unsaturated/α-hetero) is 1. The molecule has 0 saturated carbocycles. The van der Waals surface area contributed by atoms with Crippen LogP contribution < -0.4 is 10.2 Å². The molecule has 1 aliphatic carbocycles. The van der Waals surface area contributed by atoms with Gasteiger partial charge in [-0.1, -0.05) is 44.2 Å². The van der Waals surface area contributed by atoms with Crippen LogP contribution in [0.1, 0.15) is 66.7 Å². The zero-order chi connectivity index (χ0) is 19.3. The largest absolute Gasteiger partial charge is 0.345 e. The summed E-state index contributed by atoms with van der Waals surface area (Å²) < 4.78 is 0. The molecule has 0 spiro atoms. The molecule has 0 saturated heterocycles. The quantitative estimate of drug-likeness (QED) is 0.881. The lowest BCUT2D eigenvalue weighted by atomic mass is 9.90. The summed E-state index contributed by atoms with van der Waals surface area (Å²) in [7, 11) is 0. The highest BCUT2D eigenvalue weighted by Crippen LogP contribution is 2.49. The number of hydrogen-bond donors (Lipinski definition) is 1. The summed E-state index contributed by atoms with van der Waals surface area (Å²) in [5, 5.41) is 3.01. The van der Waals surface area contributed by atoms with Gasteiger partial charge in [0, 0.05) is 35.8 Å². The average Bonchev–Trinajstić information content (AvgIpc) is 2.94. The Morgan fingerprint density at radius 2 is 1.89 bits per heavy atom. The minimum atomic E-state index is -0.418. The van der Waals surface area contributed by atoms with Crippen molar-refractivity contribution >= 4 is 23.1 Å². The highest BCUT2D eigenvalue weighted by molar-refractivity contribution is 6.24. The third-order valence-electron chi connectivity index (χ3n) is 5.47.